The van der Waals surface area contributed by atoms with Crippen LogP contribution in [0.15, 0.2) is 53.4 Å². The fourth-order valence-corrected chi connectivity index (χ4v) is 3.09. The maximum absolute atomic E-state index is 13.8. The van der Waals surface area contributed by atoms with E-state index in [1.807, 2.05) is 5.32 Å². The van der Waals surface area contributed by atoms with Gasteiger partial charge in [-0.05, 0) is 30.7 Å². The van der Waals surface area contributed by atoms with Crippen LogP contribution in [-0.2, 0) is 20.0 Å². The minimum absolute atomic E-state index is 0.247. The van der Waals surface area contributed by atoms with Gasteiger partial charge in [0.25, 0.3) is 5.91 Å². The minimum Gasteiger partial charge on any atom is -0.453 e. The summed E-state index contributed by atoms with van der Waals surface area (Å²) in [6.07, 6.45) is -2.13. The van der Waals surface area contributed by atoms with Crippen LogP contribution in [0.3, 0.4) is 0 Å². The predicted octanol–water partition coefficient (Wildman–Crippen LogP) is 3.55. The van der Waals surface area contributed by atoms with Crippen LogP contribution in [0.1, 0.15) is 22.8 Å². The number of benzene rings is 2. The summed E-state index contributed by atoms with van der Waals surface area (Å²) in [5, 5.41) is 1.93. The highest BCUT2D eigenvalue weighted by Gasteiger charge is 2.22. The molecule has 0 radical (unpaired) electrons. The van der Waals surface area contributed by atoms with Crippen LogP contribution < -0.4 is 5.32 Å². The number of carbonyl (C=O) groups is 3. The lowest BCUT2D eigenvalue weighted by Gasteiger charge is -2.14. The molecule has 27 heavy (non-hydrogen) atoms. The highest BCUT2D eigenvalue weighted by molar-refractivity contribution is 7.98. The van der Waals surface area contributed by atoms with Crippen LogP contribution in [0, 0.1) is 5.82 Å². The van der Waals surface area contributed by atoms with Crippen molar-refractivity contribution in [2.45, 2.75) is 23.7 Å². The molecule has 0 aliphatic heterocycles. The van der Waals surface area contributed by atoms with E-state index < -0.39 is 24.1 Å². The third kappa shape index (κ3) is 5.82. The molecule has 1 atom stereocenters. The molecule has 0 spiro atoms. The zero-order chi connectivity index (χ0) is 19.8. The number of rotatable bonds is 6. The Labute approximate surface area is 160 Å². The molecule has 0 fully saturated rings. The smallest absolute Gasteiger partial charge is 0.413 e. The van der Waals surface area contributed by atoms with Crippen molar-refractivity contribution in [2.24, 2.45) is 0 Å². The number of ether oxygens (including phenoxy) is 2. The molecule has 0 aliphatic rings. The van der Waals surface area contributed by atoms with Crippen molar-refractivity contribution >= 4 is 29.7 Å². The van der Waals surface area contributed by atoms with Gasteiger partial charge in [0.1, 0.15) is 5.82 Å². The van der Waals surface area contributed by atoms with Gasteiger partial charge in [0, 0.05) is 10.6 Å². The van der Waals surface area contributed by atoms with E-state index in [0.717, 1.165) is 7.11 Å². The summed E-state index contributed by atoms with van der Waals surface area (Å²) < 4.78 is 23.2. The van der Waals surface area contributed by atoms with Crippen molar-refractivity contribution in [3.63, 3.8) is 0 Å². The Kier molecular flexibility index (Phi) is 7.36. The number of thioether (sulfide) groups is 1. The highest BCUT2D eigenvalue weighted by atomic mass is 32.2. The molecule has 2 aromatic rings. The average Bonchev–Trinajstić information content (AvgIpc) is 2.67. The maximum atomic E-state index is 13.8. The largest absolute Gasteiger partial charge is 0.453 e. The first-order valence-corrected chi connectivity index (χ1v) is 8.96. The third-order valence-corrected chi connectivity index (χ3v) is 4.63. The summed E-state index contributed by atoms with van der Waals surface area (Å²) in [4.78, 5) is 35.8. The van der Waals surface area contributed by atoms with E-state index in [1.54, 1.807) is 42.5 Å². The normalized spacial score (nSPS) is 11.4. The number of alkyl carbamates (subject to hydrolysis) is 1. The number of imide groups is 1. The molecule has 142 valence electrons. The minimum atomic E-state index is -1.19. The lowest BCUT2D eigenvalue weighted by Crippen LogP contribution is -2.39. The van der Waals surface area contributed by atoms with Crippen molar-refractivity contribution in [3.05, 3.63) is 65.5 Å². The van der Waals surface area contributed by atoms with E-state index >= 15 is 0 Å². The van der Waals surface area contributed by atoms with Gasteiger partial charge in [-0.25, -0.2) is 14.0 Å². The Hall–Kier alpha value is -2.87. The highest BCUT2D eigenvalue weighted by Crippen LogP contribution is 2.28. The molecule has 0 aliphatic carbocycles. The lowest BCUT2D eigenvalue weighted by atomic mass is 10.2. The van der Waals surface area contributed by atoms with Gasteiger partial charge in [-0.15, -0.1) is 11.8 Å². The molecule has 2 aromatic carbocycles. The Morgan fingerprint density at radius 1 is 1.11 bits per heavy atom. The Balaban J connectivity index is 2.05. The second-order valence-corrected chi connectivity index (χ2v) is 6.42. The number of carbonyl (C=O) groups excluding carboxylic acids is 3. The standard InChI is InChI=1S/C19H18FNO5S/c1-12(17(22)21-19(24)25-2)26-18(23)14-8-4-6-10-16(14)27-11-13-7-3-5-9-15(13)20/h3-10,12H,11H2,1-2H3,(H,21,22,24)/t12-/m0/s1. The number of esters is 1. The molecule has 2 rings (SSSR count). The van der Waals surface area contributed by atoms with Crippen molar-refractivity contribution in [1.82, 2.24) is 5.32 Å². The van der Waals surface area contributed by atoms with E-state index in [0.29, 0.717) is 16.2 Å². The van der Waals surface area contributed by atoms with E-state index in [-0.39, 0.29) is 11.4 Å². The molecule has 8 heteroatoms. The molecular weight excluding hydrogens is 373 g/mol. The lowest BCUT2D eigenvalue weighted by molar-refractivity contribution is -0.128. The number of methoxy groups -OCH3 is 1. The fourth-order valence-electron chi connectivity index (χ4n) is 2.06. The second-order valence-electron chi connectivity index (χ2n) is 5.40. The summed E-state index contributed by atoms with van der Waals surface area (Å²) in [5.74, 6) is -1.51. The zero-order valence-electron chi connectivity index (χ0n) is 14.7. The molecule has 0 aromatic heterocycles. The summed E-state index contributed by atoms with van der Waals surface area (Å²) in [7, 11) is 1.11. The van der Waals surface area contributed by atoms with E-state index in [4.69, 9.17) is 4.74 Å². The van der Waals surface area contributed by atoms with E-state index in [2.05, 4.69) is 4.74 Å². The van der Waals surface area contributed by atoms with E-state index in [1.165, 1.54) is 24.8 Å². The van der Waals surface area contributed by atoms with Gasteiger partial charge < -0.3 is 9.47 Å². The first-order chi connectivity index (χ1) is 12.9. The van der Waals surface area contributed by atoms with Gasteiger partial charge in [0.2, 0.25) is 0 Å². The van der Waals surface area contributed by atoms with Crippen LogP contribution in [0.5, 0.6) is 0 Å². The van der Waals surface area contributed by atoms with Gasteiger partial charge in [0.05, 0.1) is 12.7 Å². The van der Waals surface area contributed by atoms with Crippen LogP contribution in [-0.4, -0.2) is 31.2 Å². The molecule has 0 bridgehead atoms. The van der Waals surface area contributed by atoms with Gasteiger partial charge >= 0.3 is 12.1 Å². The quantitative estimate of drug-likeness (QED) is 0.599. The summed E-state index contributed by atoms with van der Waals surface area (Å²) >= 11 is 1.28. The molecule has 2 amide bonds. The maximum Gasteiger partial charge on any atom is 0.413 e. The second kappa shape index (κ2) is 9.72. The van der Waals surface area contributed by atoms with Gasteiger partial charge in [-0.2, -0.15) is 0 Å². The van der Waals surface area contributed by atoms with Crippen molar-refractivity contribution in [3.8, 4) is 0 Å². The average molecular weight is 391 g/mol. The third-order valence-electron chi connectivity index (χ3n) is 3.51. The van der Waals surface area contributed by atoms with Crippen molar-refractivity contribution < 1.29 is 28.2 Å². The van der Waals surface area contributed by atoms with Crippen molar-refractivity contribution in [2.75, 3.05) is 7.11 Å². The van der Waals surface area contributed by atoms with Crippen LogP contribution in [0.2, 0.25) is 0 Å². The molecular formula is C19H18FNO5S. The van der Waals surface area contributed by atoms with Gasteiger partial charge in [-0.1, -0.05) is 30.3 Å². The topological polar surface area (TPSA) is 81.7 Å². The summed E-state index contributed by atoms with van der Waals surface area (Å²) in [6, 6.07) is 13.0. The monoisotopic (exact) mass is 391 g/mol. The summed E-state index contributed by atoms with van der Waals surface area (Å²) in [6.45, 7) is 1.34. The van der Waals surface area contributed by atoms with Crippen LogP contribution in [0.25, 0.3) is 0 Å². The first-order valence-electron chi connectivity index (χ1n) is 7.97. The van der Waals surface area contributed by atoms with Crippen LogP contribution >= 0.6 is 11.8 Å². The first kappa shape index (κ1) is 20.4. The Bertz CT molecular complexity index is 842. The Morgan fingerprint density at radius 3 is 2.48 bits per heavy atom. The SMILES string of the molecule is COC(=O)NC(=O)[C@H](C)OC(=O)c1ccccc1SCc1ccccc1F. The van der Waals surface area contributed by atoms with Crippen LogP contribution in [0.4, 0.5) is 9.18 Å². The molecule has 0 unspecified atom stereocenters. The molecule has 0 heterocycles. The molecule has 1 N–H and O–H groups in total. The number of nitrogens with one attached hydrogen (secondary N) is 1. The molecule has 0 saturated carbocycles. The number of hydrogen-bond donors (Lipinski definition) is 1. The predicted molar refractivity (Wildman–Crippen MR) is 97.8 cm³/mol. The van der Waals surface area contributed by atoms with Gasteiger partial charge in [-0.3, -0.25) is 10.1 Å². The summed E-state index contributed by atoms with van der Waals surface area (Å²) in [5.41, 5.74) is 0.757. The molecule has 0 saturated heterocycles. The number of amides is 2. The number of halogens is 1. The van der Waals surface area contributed by atoms with Crippen molar-refractivity contribution in [1.29, 1.82) is 0 Å². The number of hydrogen-bond acceptors (Lipinski definition) is 6. The fraction of sp³-hybridized carbons (Fsp3) is 0.211. The van der Waals surface area contributed by atoms with Gasteiger partial charge in [0.15, 0.2) is 6.10 Å². The Morgan fingerprint density at radius 2 is 1.78 bits per heavy atom. The van der Waals surface area contributed by atoms with E-state index in [9.17, 15) is 18.8 Å². The zero-order valence-corrected chi connectivity index (χ0v) is 15.5. The molecule has 6 nitrogen and oxygen atoms in total.